The number of nitrogens with zero attached hydrogens (tertiary/aromatic N) is 6. The van der Waals surface area contributed by atoms with E-state index in [0.29, 0.717) is 6.42 Å². The average Bonchev–Trinajstić information content (AvgIpc) is 2.92. The maximum absolute atomic E-state index is 10.7. The van der Waals surface area contributed by atoms with Crippen molar-refractivity contribution in [2.45, 2.75) is 37.5 Å². The number of hydrogen-bond acceptors (Lipinski definition) is 4. The highest BCUT2D eigenvalue weighted by atomic mass is 16.3. The number of azide groups is 1. The second-order valence-corrected chi connectivity index (χ2v) is 5.91. The molecule has 1 aliphatic carbocycles. The minimum atomic E-state index is -0.714. The van der Waals surface area contributed by atoms with Crippen molar-refractivity contribution in [3.63, 3.8) is 0 Å². The molecule has 1 aliphatic rings. The van der Waals surface area contributed by atoms with E-state index in [1.165, 1.54) is 6.33 Å². The van der Waals surface area contributed by atoms with Crippen LogP contribution in [0.4, 0.5) is 0 Å². The topological polar surface area (TPSA) is 99.7 Å². The van der Waals surface area contributed by atoms with E-state index in [4.69, 9.17) is 5.53 Å². The third-order valence-corrected chi connectivity index (χ3v) is 4.69. The predicted octanol–water partition coefficient (Wildman–Crippen LogP) is 3.35. The lowest BCUT2D eigenvalue weighted by Crippen LogP contribution is -2.37. The van der Waals surface area contributed by atoms with Crippen molar-refractivity contribution in [3.8, 4) is 0 Å². The Morgan fingerprint density at radius 3 is 3.00 bits per heavy atom. The second kappa shape index (κ2) is 5.53. The number of para-hydroxylation sites is 1. The van der Waals surface area contributed by atoms with Crippen LogP contribution in [0.2, 0.25) is 0 Å². The van der Waals surface area contributed by atoms with Crippen LogP contribution >= 0.6 is 0 Å². The van der Waals surface area contributed by atoms with Crippen LogP contribution in [0.15, 0.2) is 41.9 Å². The van der Waals surface area contributed by atoms with Gasteiger partial charge in [-0.25, -0.2) is 9.97 Å². The number of aromatic nitrogens is 3. The highest BCUT2D eigenvalue weighted by molar-refractivity contribution is 6.06. The third kappa shape index (κ3) is 2.13. The summed E-state index contributed by atoms with van der Waals surface area (Å²) in [4.78, 5) is 11.4. The van der Waals surface area contributed by atoms with E-state index < -0.39 is 12.1 Å². The van der Waals surface area contributed by atoms with E-state index in [1.54, 1.807) is 6.20 Å². The third-order valence-electron chi connectivity index (χ3n) is 4.69. The minimum Gasteiger partial charge on any atom is -0.391 e. The molecule has 7 heteroatoms. The maximum atomic E-state index is 10.7. The van der Waals surface area contributed by atoms with E-state index in [1.807, 2.05) is 24.3 Å². The van der Waals surface area contributed by atoms with Gasteiger partial charge in [0.15, 0.2) is 0 Å². The van der Waals surface area contributed by atoms with Crippen molar-refractivity contribution < 1.29 is 5.11 Å². The Balaban J connectivity index is 1.94. The summed E-state index contributed by atoms with van der Waals surface area (Å²) in [6.45, 7) is 0. The molecule has 116 valence electrons. The van der Waals surface area contributed by atoms with Crippen LogP contribution in [0.25, 0.3) is 32.4 Å². The van der Waals surface area contributed by atoms with Crippen LogP contribution in [-0.2, 0) is 0 Å². The van der Waals surface area contributed by atoms with Crippen molar-refractivity contribution in [2.75, 3.05) is 0 Å². The largest absolute Gasteiger partial charge is 0.391 e. The molecule has 1 fully saturated rings. The first-order chi connectivity index (χ1) is 11.3. The van der Waals surface area contributed by atoms with Crippen molar-refractivity contribution in [3.05, 3.63) is 47.2 Å². The van der Waals surface area contributed by atoms with E-state index in [2.05, 4.69) is 24.6 Å². The molecule has 1 N–H and O–H groups in total. The molecule has 3 aromatic rings. The van der Waals surface area contributed by atoms with Crippen LogP contribution in [0.5, 0.6) is 0 Å². The van der Waals surface area contributed by atoms with Crippen LogP contribution < -0.4 is 0 Å². The Hall–Kier alpha value is -2.63. The zero-order valence-electron chi connectivity index (χ0n) is 12.4. The molecule has 7 nitrogen and oxygen atoms in total. The summed E-state index contributed by atoms with van der Waals surface area (Å²) in [5, 5.41) is 16.5. The van der Waals surface area contributed by atoms with E-state index in [9.17, 15) is 5.11 Å². The Morgan fingerprint density at radius 2 is 2.13 bits per heavy atom. The fraction of sp³-hybridized carbons (Fsp3) is 0.375. The lowest BCUT2D eigenvalue weighted by Gasteiger charge is -2.34. The van der Waals surface area contributed by atoms with Gasteiger partial charge in [-0.1, -0.05) is 29.7 Å². The number of hydrogen-bond donors (Lipinski definition) is 1. The smallest absolute Gasteiger partial charge is 0.144 e. The molecular formula is C16H16N6O. The van der Waals surface area contributed by atoms with Crippen LogP contribution in [-0.4, -0.2) is 31.8 Å². The van der Waals surface area contributed by atoms with Crippen molar-refractivity contribution >= 4 is 21.9 Å². The lowest BCUT2D eigenvalue weighted by atomic mass is 9.88. The molecular weight excluding hydrogens is 292 g/mol. The minimum absolute atomic E-state index is 0.156. The van der Waals surface area contributed by atoms with Crippen molar-refractivity contribution in [2.24, 2.45) is 5.11 Å². The fourth-order valence-electron chi connectivity index (χ4n) is 3.67. The van der Waals surface area contributed by atoms with Crippen LogP contribution in [0, 0.1) is 0 Å². The quantitative estimate of drug-likeness (QED) is 0.446. The van der Waals surface area contributed by atoms with Gasteiger partial charge in [-0.3, -0.25) is 0 Å². The fourth-order valence-corrected chi connectivity index (χ4v) is 3.67. The molecule has 1 aromatic carbocycles. The number of aliphatic hydroxyl groups excluding tert-OH is 1. The van der Waals surface area contributed by atoms with Gasteiger partial charge >= 0.3 is 0 Å². The molecule has 0 aliphatic heterocycles. The molecule has 2 heterocycles. The van der Waals surface area contributed by atoms with Crippen LogP contribution in [0.1, 0.15) is 25.3 Å². The second-order valence-electron chi connectivity index (χ2n) is 5.91. The Kier molecular flexibility index (Phi) is 3.37. The number of fused-ring (bicyclic) bond motifs is 3. The lowest BCUT2D eigenvalue weighted by molar-refractivity contribution is 0.0606. The Morgan fingerprint density at radius 1 is 1.26 bits per heavy atom. The molecule has 0 spiro atoms. The Labute approximate surface area is 132 Å². The van der Waals surface area contributed by atoms with Gasteiger partial charge in [0.1, 0.15) is 12.0 Å². The standard InChI is InChI=1S/C16H16N6O/c17-21-20-12-5-3-7-14(15(12)23)22-13-6-2-1-4-10(13)11-8-18-9-19-16(11)22/h1-2,4,6,8-9,12,14-15,23H,3,5,7H2/t12?,14-,15-/m0/s1. The first-order valence-electron chi connectivity index (χ1n) is 7.72. The molecule has 3 atom stereocenters. The Bertz CT molecular complexity index is 860. The first-order valence-corrected chi connectivity index (χ1v) is 7.72. The summed E-state index contributed by atoms with van der Waals surface area (Å²) in [6, 6.07) is 7.48. The predicted molar refractivity (Wildman–Crippen MR) is 86.9 cm³/mol. The van der Waals surface area contributed by atoms with Crippen molar-refractivity contribution in [1.82, 2.24) is 14.5 Å². The zero-order valence-corrected chi connectivity index (χ0v) is 12.4. The number of rotatable bonds is 2. The SMILES string of the molecule is [N-]=[N+]=NC1CCC[C@H](n2c3ccccc3c3cncnc32)[C@H]1O. The summed E-state index contributed by atoms with van der Waals surface area (Å²) in [5.41, 5.74) is 10.6. The molecule has 0 amide bonds. The summed E-state index contributed by atoms with van der Waals surface area (Å²) in [5.74, 6) is 0. The van der Waals surface area contributed by atoms with E-state index >= 15 is 0 Å². The zero-order chi connectivity index (χ0) is 15.8. The summed E-state index contributed by atoms with van der Waals surface area (Å²) >= 11 is 0. The molecule has 23 heavy (non-hydrogen) atoms. The summed E-state index contributed by atoms with van der Waals surface area (Å²) in [6.07, 6.45) is 5.07. The molecule has 0 bridgehead atoms. The van der Waals surface area contributed by atoms with Gasteiger partial charge < -0.3 is 9.67 Å². The van der Waals surface area contributed by atoms with Gasteiger partial charge in [-0.15, -0.1) is 0 Å². The molecule has 4 rings (SSSR count). The highest BCUT2D eigenvalue weighted by Crippen LogP contribution is 2.37. The van der Waals surface area contributed by atoms with Gasteiger partial charge in [0.25, 0.3) is 0 Å². The molecule has 1 unspecified atom stereocenters. The summed E-state index contributed by atoms with van der Waals surface area (Å²) in [7, 11) is 0. The highest BCUT2D eigenvalue weighted by Gasteiger charge is 2.34. The van der Waals surface area contributed by atoms with Gasteiger partial charge in [-0.2, -0.15) is 0 Å². The summed E-state index contributed by atoms with van der Waals surface area (Å²) < 4.78 is 2.08. The molecule has 0 radical (unpaired) electrons. The van der Waals surface area contributed by atoms with E-state index in [-0.39, 0.29) is 6.04 Å². The average molecular weight is 308 g/mol. The van der Waals surface area contributed by atoms with Gasteiger partial charge in [0.05, 0.1) is 23.7 Å². The molecule has 0 saturated heterocycles. The van der Waals surface area contributed by atoms with Gasteiger partial charge in [0, 0.05) is 21.9 Å². The number of aliphatic hydroxyl groups is 1. The van der Waals surface area contributed by atoms with E-state index in [0.717, 1.165) is 34.8 Å². The first kappa shape index (κ1) is 14.0. The normalized spacial score (nSPS) is 24.7. The van der Waals surface area contributed by atoms with Crippen LogP contribution in [0.3, 0.4) is 0 Å². The van der Waals surface area contributed by atoms with Crippen molar-refractivity contribution in [1.29, 1.82) is 0 Å². The monoisotopic (exact) mass is 308 g/mol. The van der Waals surface area contributed by atoms with Gasteiger partial charge in [0.2, 0.25) is 0 Å². The molecule has 2 aromatic heterocycles. The number of benzene rings is 1. The maximum Gasteiger partial charge on any atom is 0.144 e. The van der Waals surface area contributed by atoms with Gasteiger partial charge in [-0.05, 0) is 24.4 Å². The molecule has 1 saturated carbocycles.